The highest BCUT2D eigenvalue weighted by Crippen LogP contribution is 2.36. The molecular formula is C16H24N2O3S. The number of nitrogens with one attached hydrogen (secondary N) is 1. The van der Waals surface area contributed by atoms with E-state index < -0.39 is 10.0 Å². The van der Waals surface area contributed by atoms with Crippen molar-refractivity contribution in [3.8, 4) is 5.75 Å². The maximum absolute atomic E-state index is 12.9. The van der Waals surface area contributed by atoms with Crippen LogP contribution in [-0.4, -0.2) is 37.5 Å². The zero-order valence-corrected chi connectivity index (χ0v) is 14.2. The molecule has 1 N–H and O–H groups in total. The second-order valence-electron chi connectivity index (χ2n) is 6.83. The lowest BCUT2D eigenvalue weighted by atomic mass is 10.1. The van der Waals surface area contributed by atoms with Crippen molar-refractivity contribution in [3.63, 3.8) is 0 Å². The molecule has 1 unspecified atom stereocenters. The van der Waals surface area contributed by atoms with Gasteiger partial charge in [0, 0.05) is 12.6 Å². The topological polar surface area (TPSA) is 58.6 Å². The summed E-state index contributed by atoms with van der Waals surface area (Å²) in [4.78, 5) is 0.343. The van der Waals surface area contributed by atoms with Crippen molar-refractivity contribution in [2.45, 2.75) is 56.6 Å². The Morgan fingerprint density at radius 1 is 1.32 bits per heavy atom. The van der Waals surface area contributed by atoms with Gasteiger partial charge in [-0.05, 0) is 51.8 Å². The molecule has 1 saturated heterocycles. The van der Waals surface area contributed by atoms with Crippen molar-refractivity contribution in [2.75, 3.05) is 18.4 Å². The molecular weight excluding hydrogens is 300 g/mol. The number of hydrogen-bond donors (Lipinski definition) is 1. The van der Waals surface area contributed by atoms with Gasteiger partial charge in [0.25, 0.3) is 0 Å². The first-order valence-corrected chi connectivity index (χ1v) is 9.32. The Balaban J connectivity index is 1.92. The minimum atomic E-state index is -3.44. The van der Waals surface area contributed by atoms with Gasteiger partial charge in [-0.2, -0.15) is 4.31 Å². The van der Waals surface area contributed by atoms with E-state index in [0.29, 0.717) is 23.7 Å². The standard InChI is InChI=1S/C16H24N2O3S/c1-12-6-4-5-9-18(12)22(19,20)13-7-8-15-14(10-13)17-11-16(2,3)21-15/h7-8,10,12,17H,4-6,9,11H2,1-3H3. The monoisotopic (exact) mass is 324 g/mol. The molecule has 0 aromatic heterocycles. The summed E-state index contributed by atoms with van der Waals surface area (Å²) in [5.41, 5.74) is 0.472. The summed E-state index contributed by atoms with van der Waals surface area (Å²) in [5.74, 6) is 0.710. The molecule has 0 aliphatic carbocycles. The van der Waals surface area contributed by atoms with E-state index in [9.17, 15) is 8.42 Å². The normalized spacial score (nSPS) is 25.0. The molecule has 0 saturated carbocycles. The first-order valence-electron chi connectivity index (χ1n) is 7.88. The average molecular weight is 324 g/mol. The van der Waals surface area contributed by atoms with Crippen LogP contribution in [0.1, 0.15) is 40.0 Å². The zero-order valence-electron chi connectivity index (χ0n) is 13.4. The Hall–Kier alpha value is -1.27. The van der Waals surface area contributed by atoms with Gasteiger partial charge in [-0.25, -0.2) is 8.42 Å². The van der Waals surface area contributed by atoms with Crippen LogP contribution in [0.25, 0.3) is 0 Å². The fraction of sp³-hybridized carbons (Fsp3) is 0.625. The Labute approximate surface area is 132 Å². The summed E-state index contributed by atoms with van der Waals surface area (Å²) in [7, 11) is -3.44. The summed E-state index contributed by atoms with van der Waals surface area (Å²) in [6.07, 6.45) is 2.96. The fourth-order valence-corrected chi connectivity index (χ4v) is 4.83. The van der Waals surface area contributed by atoms with Crippen LogP contribution < -0.4 is 10.1 Å². The number of fused-ring (bicyclic) bond motifs is 1. The summed E-state index contributed by atoms with van der Waals surface area (Å²) in [5, 5.41) is 3.27. The van der Waals surface area contributed by atoms with Gasteiger partial charge in [0.05, 0.1) is 17.1 Å². The van der Waals surface area contributed by atoms with Crippen LogP contribution in [-0.2, 0) is 10.0 Å². The lowest BCUT2D eigenvalue weighted by Gasteiger charge is -2.35. The SMILES string of the molecule is CC1CCCCN1S(=O)(=O)c1ccc2c(c1)NCC(C)(C)O2. The van der Waals surface area contributed by atoms with Crippen molar-refractivity contribution in [2.24, 2.45) is 0 Å². The molecule has 2 aliphatic rings. The average Bonchev–Trinajstić information content (AvgIpc) is 2.46. The van der Waals surface area contributed by atoms with E-state index in [-0.39, 0.29) is 11.6 Å². The maximum Gasteiger partial charge on any atom is 0.243 e. The van der Waals surface area contributed by atoms with E-state index in [0.717, 1.165) is 24.9 Å². The molecule has 6 heteroatoms. The summed E-state index contributed by atoms with van der Waals surface area (Å²) < 4.78 is 33.2. The number of ether oxygens (including phenoxy) is 1. The molecule has 1 aromatic rings. The van der Waals surface area contributed by atoms with Crippen LogP contribution in [0.15, 0.2) is 23.1 Å². The Morgan fingerprint density at radius 3 is 2.82 bits per heavy atom. The van der Waals surface area contributed by atoms with Gasteiger partial charge in [0.1, 0.15) is 11.4 Å². The Morgan fingerprint density at radius 2 is 2.09 bits per heavy atom. The highest BCUT2D eigenvalue weighted by Gasteiger charge is 2.33. The molecule has 1 fully saturated rings. The molecule has 0 spiro atoms. The van der Waals surface area contributed by atoms with Crippen LogP contribution in [0.2, 0.25) is 0 Å². The number of hydrogen-bond acceptors (Lipinski definition) is 4. The number of nitrogens with zero attached hydrogens (tertiary/aromatic N) is 1. The van der Waals surface area contributed by atoms with Gasteiger partial charge in [-0.15, -0.1) is 0 Å². The lowest BCUT2D eigenvalue weighted by Crippen LogP contribution is -2.42. The zero-order chi connectivity index (χ0) is 16.0. The first kappa shape index (κ1) is 15.6. The van der Waals surface area contributed by atoms with E-state index >= 15 is 0 Å². The van der Waals surface area contributed by atoms with Crippen molar-refractivity contribution in [1.29, 1.82) is 0 Å². The molecule has 5 nitrogen and oxygen atoms in total. The van der Waals surface area contributed by atoms with E-state index in [2.05, 4.69) is 5.32 Å². The number of benzene rings is 1. The van der Waals surface area contributed by atoms with Crippen molar-refractivity contribution < 1.29 is 13.2 Å². The van der Waals surface area contributed by atoms with Crippen LogP contribution in [0, 0.1) is 0 Å². The van der Waals surface area contributed by atoms with Crippen molar-refractivity contribution in [3.05, 3.63) is 18.2 Å². The molecule has 1 aromatic carbocycles. The molecule has 0 bridgehead atoms. The molecule has 1 atom stereocenters. The second kappa shape index (κ2) is 5.42. The van der Waals surface area contributed by atoms with Gasteiger partial charge < -0.3 is 10.1 Å². The van der Waals surface area contributed by atoms with Crippen LogP contribution in [0.5, 0.6) is 5.75 Å². The smallest absolute Gasteiger partial charge is 0.243 e. The molecule has 2 aliphatic heterocycles. The van der Waals surface area contributed by atoms with Gasteiger partial charge in [-0.3, -0.25) is 0 Å². The summed E-state index contributed by atoms with van der Waals surface area (Å²) in [6, 6.07) is 5.17. The largest absolute Gasteiger partial charge is 0.484 e. The van der Waals surface area contributed by atoms with Crippen molar-refractivity contribution >= 4 is 15.7 Å². The van der Waals surface area contributed by atoms with E-state index in [1.165, 1.54) is 0 Å². The molecule has 3 rings (SSSR count). The van der Waals surface area contributed by atoms with Crippen molar-refractivity contribution in [1.82, 2.24) is 4.31 Å². The van der Waals surface area contributed by atoms with Crippen LogP contribution in [0.3, 0.4) is 0 Å². The van der Waals surface area contributed by atoms with E-state index in [4.69, 9.17) is 4.74 Å². The van der Waals surface area contributed by atoms with E-state index in [1.54, 1.807) is 22.5 Å². The number of anilines is 1. The Kier molecular flexibility index (Phi) is 3.85. The summed E-state index contributed by atoms with van der Waals surface area (Å²) >= 11 is 0. The fourth-order valence-electron chi connectivity index (χ4n) is 3.10. The minimum Gasteiger partial charge on any atom is -0.484 e. The highest BCUT2D eigenvalue weighted by molar-refractivity contribution is 7.89. The summed E-state index contributed by atoms with van der Waals surface area (Å²) in [6.45, 7) is 7.26. The lowest BCUT2D eigenvalue weighted by molar-refractivity contribution is 0.116. The quantitative estimate of drug-likeness (QED) is 0.909. The predicted octanol–water partition coefficient (Wildman–Crippen LogP) is 2.83. The third-order valence-corrected chi connectivity index (χ3v) is 6.40. The molecule has 122 valence electrons. The van der Waals surface area contributed by atoms with Gasteiger partial charge in [-0.1, -0.05) is 6.42 Å². The van der Waals surface area contributed by atoms with E-state index in [1.807, 2.05) is 20.8 Å². The van der Waals surface area contributed by atoms with Gasteiger partial charge in [0.2, 0.25) is 10.0 Å². The van der Waals surface area contributed by atoms with Crippen LogP contribution in [0.4, 0.5) is 5.69 Å². The molecule has 2 heterocycles. The Bertz CT molecular complexity index is 670. The van der Waals surface area contributed by atoms with Crippen LogP contribution >= 0.6 is 0 Å². The minimum absolute atomic E-state index is 0.0675. The maximum atomic E-state index is 12.9. The number of piperidine rings is 1. The molecule has 0 amide bonds. The second-order valence-corrected chi connectivity index (χ2v) is 8.72. The van der Waals surface area contributed by atoms with Gasteiger partial charge in [0.15, 0.2) is 0 Å². The van der Waals surface area contributed by atoms with Gasteiger partial charge >= 0.3 is 0 Å². The molecule has 0 radical (unpaired) electrons. The number of sulfonamides is 1. The predicted molar refractivity (Wildman–Crippen MR) is 86.8 cm³/mol. The first-order chi connectivity index (χ1) is 10.3. The number of rotatable bonds is 2. The highest BCUT2D eigenvalue weighted by atomic mass is 32.2. The third kappa shape index (κ3) is 2.82. The molecule has 22 heavy (non-hydrogen) atoms. The third-order valence-electron chi connectivity index (χ3n) is 4.39.